The number of rotatable bonds is 5. The van der Waals surface area contributed by atoms with Crippen LogP contribution in [0.25, 0.3) is 0 Å². The number of carbonyl (C=O) groups excluding carboxylic acids is 1. The van der Waals surface area contributed by atoms with Crippen molar-refractivity contribution in [2.75, 3.05) is 13.7 Å². The Bertz CT molecular complexity index is 473. The Morgan fingerprint density at radius 3 is 2.95 bits per heavy atom. The lowest BCUT2D eigenvalue weighted by Gasteiger charge is -2.10. The zero-order valence-electron chi connectivity index (χ0n) is 11.6. The third-order valence-corrected chi connectivity index (χ3v) is 4.10. The fourth-order valence-corrected chi connectivity index (χ4v) is 2.66. The highest BCUT2D eigenvalue weighted by Crippen LogP contribution is 2.22. The molecule has 2 heterocycles. The van der Waals surface area contributed by atoms with E-state index < -0.39 is 0 Å². The maximum atomic E-state index is 12.3. The second-order valence-corrected chi connectivity index (χ2v) is 5.24. The quantitative estimate of drug-likeness (QED) is 0.887. The molecule has 1 aliphatic rings. The first-order valence-corrected chi connectivity index (χ1v) is 6.95. The van der Waals surface area contributed by atoms with Crippen molar-refractivity contribution < 1.29 is 9.53 Å². The van der Waals surface area contributed by atoms with E-state index in [2.05, 4.69) is 10.4 Å². The van der Waals surface area contributed by atoms with E-state index in [0.717, 1.165) is 30.9 Å². The number of hydrogen-bond donors (Lipinski definition) is 1. The van der Waals surface area contributed by atoms with Crippen LogP contribution in [-0.2, 0) is 22.5 Å². The van der Waals surface area contributed by atoms with Gasteiger partial charge >= 0.3 is 0 Å². The summed E-state index contributed by atoms with van der Waals surface area (Å²) in [4.78, 5) is 12.3. The Labute approximate surface area is 118 Å². The average Bonchev–Trinajstić information content (AvgIpc) is 2.98. The van der Waals surface area contributed by atoms with Crippen LogP contribution in [-0.4, -0.2) is 41.4 Å². The Balaban J connectivity index is 2.07. The SMILES string of the molecule is CCn1nc(C)c(Cl)c1CC(=O)C1CC(OC)CN1. The number of Topliss-reactive ketones (excluding diaryl/α,β-unsaturated/α-hetero) is 1. The number of hydrogen-bond acceptors (Lipinski definition) is 4. The van der Waals surface area contributed by atoms with Gasteiger partial charge < -0.3 is 10.1 Å². The summed E-state index contributed by atoms with van der Waals surface area (Å²) in [7, 11) is 1.67. The zero-order valence-corrected chi connectivity index (χ0v) is 12.3. The van der Waals surface area contributed by atoms with Crippen molar-refractivity contribution in [2.24, 2.45) is 0 Å². The largest absolute Gasteiger partial charge is 0.380 e. The Morgan fingerprint density at radius 1 is 1.63 bits per heavy atom. The Hall–Kier alpha value is -0.910. The second kappa shape index (κ2) is 6.03. The molecule has 6 heteroatoms. The molecule has 5 nitrogen and oxygen atoms in total. The van der Waals surface area contributed by atoms with E-state index in [1.54, 1.807) is 11.8 Å². The van der Waals surface area contributed by atoms with E-state index in [4.69, 9.17) is 16.3 Å². The molecule has 0 saturated carbocycles. The molecule has 2 rings (SSSR count). The van der Waals surface area contributed by atoms with Gasteiger partial charge in [0.05, 0.1) is 35.0 Å². The van der Waals surface area contributed by atoms with Crippen LogP contribution < -0.4 is 5.32 Å². The first-order valence-electron chi connectivity index (χ1n) is 6.57. The van der Waals surface area contributed by atoms with Gasteiger partial charge in [-0.1, -0.05) is 11.6 Å². The Kier molecular flexibility index (Phi) is 4.60. The van der Waals surface area contributed by atoms with E-state index in [0.29, 0.717) is 11.4 Å². The van der Waals surface area contributed by atoms with Crippen molar-refractivity contribution in [3.63, 3.8) is 0 Å². The molecule has 0 spiro atoms. The van der Waals surface area contributed by atoms with Gasteiger partial charge in [-0.05, 0) is 20.3 Å². The molecule has 1 aliphatic heterocycles. The normalized spacial score (nSPS) is 22.9. The van der Waals surface area contributed by atoms with Crippen molar-refractivity contribution >= 4 is 17.4 Å². The number of methoxy groups -OCH3 is 1. The number of ketones is 1. The molecule has 1 saturated heterocycles. The third kappa shape index (κ3) is 2.99. The van der Waals surface area contributed by atoms with E-state index >= 15 is 0 Å². The summed E-state index contributed by atoms with van der Waals surface area (Å²) in [6.45, 7) is 5.30. The molecule has 1 N–H and O–H groups in total. The highest BCUT2D eigenvalue weighted by molar-refractivity contribution is 6.32. The van der Waals surface area contributed by atoms with Gasteiger partial charge in [-0.2, -0.15) is 5.10 Å². The van der Waals surface area contributed by atoms with Crippen molar-refractivity contribution in [3.8, 4) is 0 Å². The topological polar surface area (TPSA) is 56.2 Å². The molecule has 19 heavy (non-hydrogen) atoms. The van der Waals surface area contributed by atoms with Gasteiger partial charge in [0.2, 0.25) is 0 Å². The van der Waals surface area contributed by atoms with Gasteiger partial charge in [-0.25, -0.2) is 0 Å². The lowest BCUT2D eigenvalue weighted by atomic mass is 10.1. The number of aryl methyl sites for hydroxylation is 2. The minimum Gasteiger partial charge on any atom is -0.380 e. The minimum absolute atomic E-state index is 0.127. The van der Waals surface area contributed by atoms with E-state index in [-0.39, 0.29) is 17.9 Å². The molecular formula is C13H20ClN3O2. The van der Waals surface area contributed by atoms with Crippen LogP contribution in [0.4, 0.5) is 0 Å². The summed E-state index contributed by atoms with van der Waals surface area (Å²) < 4.78 is 7.06. The van der Waals surface area contributed by atoms with Crippen LogP contribution in [0.5, 0.6) is 0 Å². The number of nitrogens with zero attached hydrogens (tertiary/aromatic N) is 2. The summed E-state index contributed by atoms with van der Waals surface area (Å²) in [5, 5.41) is 8.13. The fourth-order valence-electron chi connectivity index (χ4n) is 2.45. The Morgan fingerprint density at radius 2 is 2.37 bits per heavy atom. The average molecular weight is 286 g/mol. The van der Waals surface area contributed by atoms with Crippen LogP contribution >= 0.6 is 11.6 Å². The molecule has 2 unspecified atom stereocenters. The molecule has 0 radical (unpaired) electrons. The van der Waals surface area contributed by atoms with Crippen LogP contribution in [0, 0.1) is 6.92 Å². The number of carbonyl (C=O) groups is 1. The number of aromatic nitrogens is 2. The van der Waals surface area contributed by atoms with Crippen molar-refractivity contribution in [3.05, 3.63) is 16.4 Å². The smallest absolute Gasteiger partial charge is 0.155 e. The van der Waals surface area contributed by atoms with Crippen LogP contribution in [0.2, 0.25) is 5.02 Å². The summed E-state index contributed by atoms with van der Waals surface area (Å²) in [6, 6.07) is -0.137. The number of halogens is 1. The first-order chi connectivity index (χ1) is 9.06. The molecule has 0 amide bonds. The van der Waals surface area contributed by atoms with Gasteiger partial charge in [0, 0.05) is 20.2 Å². The predicted molar refractivity (Wildman–Crippen MR) is 73.6 cm³/mol. The summed E-state index contributed by atoms with van der Waals surface area (Å²) in [5.41, 5.74) is 1.59. The third-order valence-electron chi connectivity index (χ3n) is 3.61. The summed E-state index contributed by atoms with van der Waals surface area (Å²) in [5.74, 6) is 0.149. The van der Waals surface area contributed by atoms with Gasteiger partial charge in [-0.3, -0.25) is 9.48 Å². The van der Waals surface area contributed by atoms with Gasteiger partial charge in [-0.15, -0.1) is 0 Å². The second-order valence-electron chi connectivity index (χ2n) is 4.86. The molecule has 1 aromatic heterocycles. The maximum absolute atomic E-state index is 12.3. The molecule has 0 aromatic carbocycles. The van der Waals surface area contributed by atoms with E-state index in [9.17, 15) is 4.79 Å². The number of ether oxygens (including phenoxy) is 1. The summed E-state index contributed by atoms with van der Waals surface area (Å²) >= 11 is 6.22. The first kappa shape index (κ1) is 14.5. The van der Waals surface area contributed by atoms with Crippen LogP contribution in [0.3, 0.4) is 0 Å². The lowest BCUT2D eigenvalue weighted by molar-refractivity contribution is -0.120. The van der Waals surface area contributed by atoms with Gasteiger partial charge in [0.25, 0.3) is 0 Å². The monoisotopic (exact) mass is 285 g/mol. The molecular weight excluding hydrogens is 266 g/mol. The molecule has 0 bridgehead atoms. The minimum atomic E-state index is -0.137. The summed E-state index contributed by atoms with van der Waals surface area (Å²) in [6.07, 6.45) is 1.18. The zero-order chi connectivity index (χ0) is 14.0. The highest BCUT2D eigenvalue weighted by atomic mass is 35.5. The molecule has 0 aliphatic carbocycles. The van der Waals surface area contributed by atoms with Crippen molar-refractivity contribution in [1.82, 2.24) is 15.1 Å². The van der Waals surface area contributed by atoms with Crippen LogP contribution in [0.15, 0.2) is 0 Å². The lowest BCUT2D eigenvalue weighted by Crippen LogP contribution is -2.32. The van der Waals surface area contributed by atoms with Crippen molar-refractivity contribution in [2.45, 2.75) is 45.4 Å². The molecule has 2 atom stereocenters. The van der Waals surface area contributed by atoms with Gasteiger partial charge in [0.1, 0.15) is 0 Å². The van der Waals surface area contributed by atoms with Crippen molar-refractivity contribution in [1.29, 1.82) is 0 Å². The van der Waals surface area contributed by atoms with Gasteiger partial charge in [0.15, 0.2) is 5.78 Å². The van der Waals surface area contributed by atoms with E-state index in [1.165, 1.54) is 0 Å². The molecule has 1 fully saturated rings. The highest BCUT2D eigenvalue weighted by Gasteiger charge is 2.30. The molecule has 106 valence electrons. The van der Waals surface area contributed by atoms with E-state index in [1.807, 2.05) is 13.8 Å². The molecule has 1 aromatic rings. The predicted octanol–water partition coefficient (Wildman–Crippen LogP) is 1.35. The number of nitrogens with one attached hydrogen (secondary N) is 1. The maximum Gasteiger partial charge on any atom is 0.155 e. The van der Waals surface area contributed by atoms with Crippen LogP contribution in [0.1, 0.15) is 24.7 Å². The standard InChI is InChI=1S/C13H20ClN3O2/c1-4-17-11(13(14)8(2)16-17)6-12(18)10-5-9(19-3)7-15-10/h9-10,15H,4-7H2,1-3H3. The fraction of sp³-hybridized carbons (Fsp3) is 0.692.